The highest BCUT2D eigenvalue weighted by Crippen LogP contribution is 2.49. The van der Waals surface area contributed by atoms with Gasteiger partial charge in [-0.15, -0.1) is 0 Å². The van der Waals surface area contributed by atoms with Crippen molar-refractivity contribution in [3.63, 3.8) is 0 Å². The Morgan fingerprint density at radius 3 is 1.58 bits per heavy atom. The predicted molar refractivity (Wildman–Crippen MR) is 362 cm³/mol. The molecule has 2 aromatic heterocycles. The molecule has 0 radical (unpaired) electrons. The second-order valence-corrected chi connectivity index (χ2v) is 27.5. The summed E-state index contributed by atoms with van der Waals surface area (Å²) in [6.45, 7) is 20.7. The van der Waals surface area contributed by atoms with Gasteiger partial charge in [-0.1, -0.05) is 219 Å². The third-order valence-corrected chi connectivity index (χ3v) is 19.2. The molecular formula is C79H65BN4S. The van der Waals surface area contributed by atoms with Crippen molar-refractivity contribution in [1.82, 2.24) is 9.13 Å². The number of hydrogen-bond donors (Lipinski definition) is 0. The smallest absolute Gasteiger partial charge is 0.249 e. The Morgan fingerprint density at radius 2 is 0.929 bits per heavy atom. The van der Waals surface area contributed by atoms with Crippen LogP contribution in [0, 0.1) is 11.3 Å². The van der Waals surface area contributed by atoms with E-state index in [0.29, 0.717) is 5.56 Å². The number of nitrogens with zero attached hydrogens (tertiary/aromatic N) is 4. The van der Waals surface area contributed by atoms with Crippen molar-refractivity contribution in [1.29, 1.82) is 5.26 Å². The molecule has 0 spiro atoms. The first-order valence-corrected chi connectivity index (χ1v) is 30.6. The van der Waals surface area contributed by atoms with Crippen LogP contribution in [-0.4, -0.2) is 15.8 Å². The van der Waals surface area contributed by atoms with Crippen molar-refractivity contribution in [2.45, 2.75) is 88.3 Å². The van der Waals surface area contributed by atoms with E-state index in [9.17, 15) is 5.26 Å². The fraction of sp³-hybridized carbons (Fsp3) is 0.152. The Labute approximate surface area is 503 Å². The lowest BCUT2D eigenvalue weighted by molar-refractivity contribution is 0.590. The van der Waals surface area contributed by atoms with Gasteiger partial charge in [0.1, 0.15) is 0 Å². The molecule has 13 aromatic rings. The molecule has 0 saturated carbocycles. The molecule has 6 heteroatoms. The molecular weight excluding hydrogens is 1050 g/mol. The summed E-state index contributed by atoms with van der Waals surface area (Å²) in [5.74, 6) is 0. The van der Waals surface area contributed by atoms with Crippen LogP contribution < -0.4 is 21.3 Å². The molecule has 0 fully saturated rings. The molecule has 2 aliphatic rings. The molecule has 410 valence electrons. The minimum absolute atomic E-state index is 0.00301. The SMILES string of the molecule is CC(C)(C)c1ccc2c(c1)c1cc(C(C)(C)C)ccc1n2-c1ccc2c(c1)Sc1cc(-c3ccccc3C(C)(C)C)cc3c1B2c1ccc(-c2cc(-n4c5ccccc5c5ccccc54)ccc2C#N)cc1N3c1ccccc1-c1ccccc1. The zero-order chi connectivity index (χ0) is 58.3. The van der Waals surface area contributed by atoms with E-state index < -0.39 is 0 Å². The molecule has 0 aliphatic carbocycles. The molecule has 4 nitrogen and oxygen atoms in total. The van der Waals surface area contributed by atoms with Crippen molar-refractivity contribution in [3.05, 3.63) is 253 Å². The highest BCUT2D eigenvalue weighted by molar-refractivity contribution is 8.00. The van der Waals surface area contributed by atoms with E-state index in [1.54, 1.807) is 0 Å². The van der Waals surface area contributed by atoms with Crippen molar-refractivity contribution >= 4 is 95.5 Å². The topological polar surface area (TPSA) is 36.9 Å². The standard InChI is InChI=1S/C79H65BN4S/c1-77(2,3)53-33-39-70-62(44-53)63-45-54(78(4,5)6)34-40-71(63)83(70)56-36-38-66-74(47-56)85-75-43-52(57-23-13-17-27-64(57)79(7,8)9)42-73-76(75)80(66)65-37-32-50(41-72(65)84(73)67-28-18-14-24-58(67)49-21-11-10-12-22-49)61-46-55(35-31-51(61)48-81)82-68-29-19-15-25-59(68)60-26-16-20-30-69(60)82/h10-47H,1-9H3. The molecule has 4 heterocycles. The largest absolute Gasteiger partial charge is 0.311 e. The Morgan fingerprint density at radius 1 is 0.376 bits per heavy atom. The van der Waals surface area contributed by atoms with Gasteiger partial charge in [0.2, 0.25) is 6.71 Å². The first kappa shape index (κ1) is 52.5. The van der Waals surface area contributed by atoms with Crippen LogP contribution in [0.4, 0.5) is 17.1 Å². The van der Waals surface area contributed by atoms with Crippen molar-refractivity contribution in [2.75, 3.05) is 4.90 Å². The highest BCUT2D eigenvalue weighted by atomic mass is 32.2. The average Bonchev–Trinajstić information content (AvgIpc) is 3.57. The molecule has 0 atom stereocenters. The maximum atomic E-state index is 11.1. The number of benzene rings is 11. The van der Waals surface area contributed by atoms with Crippen molar-refractivity contribution < 1.29 is 0 Å². The summed E-state index contributed by atoms with van der Waals surface area (Å²) in [4.78, 5) is 5.05. The zero-order valence-corrected chi connectivity index (χ0v) is 50.5. The minimum atomic E-state index is -0.113. The van der Waals surface area contributed by atoms with Gasteiger partial charge in [0.25, 0.3) is 0 Å². The molecule has 11 aromatic carbocycles. The van der Waals surface area contributed by atoms with E-state index in [0.717, 1.165) is 61.7 Å². The van der Waals surface area contributed by atoms with Crippen LogP contribution in [0.15, 0.2) is 240 Å². The number of nitriles is 1. The van der Waals surface area contributed by atoms with E-state index in [1.807, 2.05) is 17.8 Å². The van der Waals surface area contributed by atoms with Gasteiger partial charge in [-0.05, 0) is 157 Å². The molecule has 0 unspecified atom stereocenters. The second-order valence-electron chi connectivity index (χ2n) is 26.5. The number of aromatic nitrogens is 2. The first-order chi connectivity index (χ1) is 41.0. The fourth-order valence-electron chi connectivity index (χ4n) is 13.8. The quantitative estimate of drug-likeness (QED) is 0.156. The maximum absolute atomic E-state index is 11.1. The Bertz CT molecular complexity index is 4830. The van der Waals surface area contributed by atoms with Gasteiger partial charge in [0.05, 0.1) is 39.4 Å². The monoisotopic (exact) mass is 1110 g/mol. The molecule has 0 N–H and O–H groups in total. The fourth-order valence-corrected chi connectivity index (χ4v) is 15.1. The maximum Gasteiger partial charge on any atom is 0.249 e. The van der Waals surface area contributed by atoms with Crippen LogP contribution in [0.5, 0.6) is 0 Å². The Balaban J connectivity index is 0.997. The average molecular weight is 1110 g/mol. The number of fused-ring (bicyclic) bond motifs is 10. The van der Waals surface area contributed by atoms with Crippen LogP contribution in [-0.2, 0) is 16.2 Å². The number of hydrogen-bond acceptors (Lipinski definition) is 3. The summed E-state index contributed by atoms with van der Waals surface area (Å²) in [6, 6.07) is 88.5. The van der Waals surface area contributed by atoms with Gasteiger partial charge in [0, 0.05) is 65.2 Å². The summed E-state index contributed by atoms with van der Waals surface area (Å²) in [5.41, 5.74) is 25.0. The van der Waals surface area contributed by atoms with Crippen LogP contribution in [0.3, 0.4) is 0 Å². The van der Waals surface area contributed by atoms with Crippen LogP contribution >= 0.6 is 11.8 Å². The van der Waals surface area contributed by atoms with E-state index in [2.05, 4.69) is 307 Å². The number of rotatable bonds is 6. The molecule has 85 heavy (non-hydrogen) atoms. The minimum Gasteiger partial charge on any atom is -0.311 e. The predicted octanol–water partition coefficient (Wildman–Crippen LogP) is 19.4. The van der Waals surface area contributed by atoms with Crippen LogP contribution in [0.25, 0.3) is 88.4 Å². The van der Waals surface area contributed by atoms with Gasteiger partial charge < -0.3 is 14.0 Å². The molecule has 2 aliphatic heterocycles. The lowest BCUT2D eigenvalue weighted by Gasteiger charge is -2.41. The molecule has 0 amide bonds. The summed E-state index contributed by atoms with van der Waals surface area (Å²) < 4.78 is 4.85. The van der Waals surface area contributed by atoms with Gasteiger partial charge in [-0.25, -0.2) is 0 Å². The van der Waals surface area contributed by atoms with Gasteiger partial charge in [-0.2, -0.15) is 5.26 Å². The lowest BCUT2D eigenvalue weighted by atomic mass is 9.34. The third-order valence-electron chi connectivity index (χ3n) is 18.1. The first-order valence-electron chi connectivity index (χ1n) is 29.8. The number of para-hydroxylation sites is 3. The Kier molecular flexibility index (Phi) is 12.0. The van der Waals surface area contributed by atoms with Gasteiger partial charge >= 0.3 is 0 Å². The van der Waals surface area contributed by atoms with E-state index >= 15 is 0 Å². The lowest BCUT2D eigenvalue weighted by Crippen LogP contribution is -2.59. The number of anilines is 3. The van der Waals surface area contributed by atoms with Crippen LogP contribution in [0.2, 0.25) is 0 Å². The summed E-state index contributed by atoms with van der Waals surface area (Å²) >= 11 is 1.91. The Hall–Kier alpha value is -9.28. The van der Waals surface area contributed by atoms with E-state index in [4.69, 9.17) is 0 Å². The second kappa shape index (κ2) is 19.4. The van der Waals surface area contributed by atoms with Gasteiger partial charge in [-0.3, -0.25) is 0 Å². The summed E-state index contributed by atoms with van der Waals surface area (Å²) in [7, 11) is 0. The summed E-state index contributed by atoms with van der Waals surface area (Å²) in [5, 5.41) is 16.0. The normalized spacial score (nSPS) is 13.1. The molecule has 15 rings (SSSR count). The molecule has 0 bridgehead atoms. The third kappa shape index (κ3) is 8.49. The zero-order valence-electron chi connectivity index (χ0n) is 49.7. The van der Waals surface area contributed by atoms with Crippen LogP contribution in [0.1, 0.15) is 84.6 Å². The van der Waals surface area contributed by atoms with Crippen molar-refractivity contribution in [3.8, 4) is 50.8 Å². The highest BCUT2D eigenvalue weighted by Gasteiger charge is 2.42. The van der Waals surface area contributed by atoms with E-state index in [1.165, 1.54) is 86.6 Å². The summed E-state index contributed by atoms with van der Waals surface area (Å²) in [6.07, 6.45) is 0. The van der Waals surface area contributed by atoms with Crippen molar-refractivity contribution in [2.24, 2.45) is 0 Å². The van der Waals surface area contributed by atoms with E-state index in [-0.39, 0.29) is 23.0 Å². The van der Waals surface area contributed by atoms with Gasteiger partial charge in [0.15, 0.2) is 0 Å². The molecule has 0 saturated heterocycles.